The third kappa shape index (κ3) is 12.3. The Hall–Kier alpha value is -5.34. The van der Waals surface area contributed by atoms with Crippen molar-refractivity contribution in [1.82, 2.24) is 19.6 Å². The molecule has 2 saturated heterocycles. The number of ether oxygens (including phenoxy) is 3. The van der Waals surface area contributed by atoms with E-state index in [1.807, 2.05) is 48.5 Å². The van der Waals surface area contributed by atoms with E-state index in [1.54, 1.807) is 41.0 Å². The van der Waals surface area contributed by atoms with Gasteiger partial charge in [0.05, 0.1) is 7.11 Å². The van der Waals surface area contributed by atoms with Gasteiger partial charge >= 0.3 is 11.9 Å². The number of hydrogen-bond acceptors (Lipinski definition) is 9. The molecule has 0 atom stereocenters. The van der Waals surface area contributed by atoms with Crippen molar-refractivity contribution in [2.45, 2.75) is 20.0 Å². The first-order valence-electron chi connectivity index (χ1n) is 18.4. The zero-order chi connectivity index (χ0) is 40.9. The molecule has 0 radical (unpaired) electrons. The molecule has 57 heavy (non-hydrogen) atoms. The number of carboxylic acid groups (broad SMARTS) is 2. The minimum Gasteiger partial charge on any atom is -0.493 e. The second kappa shape index (κ2) is 20.7. The number of aryl methyl sites for hydroxylation is 1. The second-order valence-electron chi connectivity index (χ2n) is 13.5. The summed E-state index contributed by atoms with van der Waals surface area (Å²) in [5.41, 5.74) is 3.09. The van der Waals surface area contributed by atoms with E-state index in [9.17, 15) is 29.4 Å². The molecular formula is C42H46Cl2N4O9. The number of aromatic carboxylic acids is 2. The van der Waals surface area contributed by atoms with E-state index in [0.717, 1.165) is 44.3 Å². The van der Waals surface area contributed by atoms with Crippen LogP contribution in [-0.4, -0.2) is 126 Å². The molecule has 2 aliphatic heterocycles. The standard InChI is InChI=1S/C21H23ClN2O5.C21H23ClN2O4/c1-28-18-4-2-3-17(21(26)27)20(18)29-14-19(25)24-11-9-23(10-12-24)13-15-5-7-16(22)8-6-15;1-15-3-2-4-18(21(26)27)20(15)28-14-19(25)24-11-9-23(10-12-24)13-16-5-7-17(22)8-6-16/h2-8H,9-14H2,1H3,(H,26,27);2-8H,9-14H2,1H3,(H,26,27). The number of carbonyl (C=O) groups excluding carboxylic acids is 2. The summed E-state index contributed by atoms with van der Waals surface area (Å²) in [6.07, 6.45) is 0. The summed E-state index contributed by atoms with van der Waals surface area (Å²) in [5.74, 6) is -1.92. The Kier molecular flexibility index (Phi) is 15.6. The van der Waals surface area contributed by atoms with Crippen molar-refractivity contribution in [3.63, 3.8) is 0 Å². The molecule has 2 amide bonds. The average Bonchev–Trinajstić information content (AvgIpc) is 3.21. The van der Waals surface area contributed by atoms with Crippen LogP contribution in [0.5, 0.6) is 17.2 Å². The number of carboxylic acids is 2. The molecule has 4 aromatic rings. The lowest BCUT2D eigenvalue weighted by molar-refractivity contribution is -0.135. The van der Waals surface area contributed by atoms with E-state index in [2.05, 4.69) is 9.80 Å². The molecule has 4 aromatic carbocycles. The fraction of sp³-hybridized carbons (Fsp3) is 0.333. The number of amides is 2. The van der Waals surface area contributed by atoms with Gasteiger partial charge in [0.25, 0.3) is 11.8 Å². The Balaban J connectivity index is 0.000000218. The highest BCUT2D eigenvalue weighted by Crippen LogP contribution is 2.31. The summed E-state index contributed by atoms with van der Waals surface area (Å²) in [6.45, 7) is 8.47. The Bertz CT molecular complexity index is 2000. The molecule has 2 fully saturated rings. The number of halogens is 2. The Morgan fingerprint density at radius 2 is 0.982 bits per heavy atom. The maximum Gasteiger partial charge on any atom is 0.339 e. The topological polar surface area (TPSA) is 149 Å². The smallest absolute Gasteiger partial charge is 0.339 e. The van der Waals surface area contributed by atoms with Crippen LogP contribution in [0, 0.1) is 6.92 Å². The fourth-order valence-corrected chi connectivity index (χ4v) is 6.72. The van der Waals surface area contributed by atoms with Gasteiger partial charge in [-0.25, -0.2) is 9.59 Å². The lowest BCUT2D eigenvalue weighted by atomic mass is 10.1. The van der Waals surface area contributed by atoms with E-state index in [4.69, 9.17) is 37.4 Å². The van der Waals surface area contributed by atoms with Crippen LogP contribution in [0.15, 0.2) is 84.9 Å². The number of benzene rings is 4. The number of methoxy groups -OCH3 is 1. The Labute approximate surface area is 341 Å². The first-order valence-corrected chi connectivity index (χ1v) is 19.2. The number of piperazine rings is 2. The van der Waals surface area contributed by atoms with Gasteiger partial charge in [0.2, 0.25) is 0 Å². The van der Waals surface area contributed by atoms with Gasteiger partial charge in [-0.2, -0.15) is 0 Å². The molecule has 0 bridgehead atoms. The maximum atomic E-state index is 12.5. The second-order valence-corrected chi connectivity index (χ2v) is 14.4. The molecule has 2 aliphatic rings. The number of rotatable bonds is 13. The molecule has 2 N–H and O–H groups in total. The van der Waals surface area contributed by atoms with Crippen LogP contribution in [0.2, 0.25) is 10.0 Å². The van der Waals surface area contributed by atoms with Crippen LogP contribution in [0.25, 0.3) is 0 Å². The van der Waals surface area contributed by atoms with Gasteiger partial charge in [-0.15, -0.1) is 0 Å². The number of nitrogens with zero attached hydrogens (tertiary/aromatic N) is 4. The van der Waals surface area contributed by atoms with Gasteiger partial charge in [-0.3, -0.25) is 19.4 Å². The van der Waals surface area contributed by atoms with E-state index in [-0.39, 0.29) is 53.4 Å². The first-order chi connectivity index (χ1) is 27.4. The fourth-order valence-electron chi connectivity index (χ4n) is 6.46. The zero-order valence-corrected chi connectivity index (χ0v) is 33.4. The van der Waals surface area contributed by atoms with Crippen LogP contribution >= 0.6 is 23.2 Å². The van der Waals surface area contributed by atoms with Gasteiger partial charge in [0, 0.05) is 75.5 Å². The van der Waals surface area contributed by atoms with Crippen molar-refractivity contribution in [2.24, 2.45) is 0 Å². The third-order valence-electron chi connectivity index (χ3n) is 9.64. The van der Waals surface area contributed by atoms with Gasteiger partial charge in [-0.05, 0) is 66.1 Å². The average molecular weight is 822 g/mol. The molecule has 302 valence electrons. The molecule has 15 heteroatoms. The number of carbonyl (C=O) groups is 4. The summed E-state index contributed by atoms with van der Waals surface area (Å²) in [7, 11) is 1.43. The molecule has 0 aromatic heterocycles. The minimum atomic E-state index is -1.14. The van der Waals surface area contributed by atoms with Crippen molar-refractivity contribution in [3.05, 3.63) is 123 Å². The zero-order valence-electron chi connectivity index (χ0n) is 31.9. The van der Waals surface area contributed by atoms with Gasteiger partial charge in [-0.1, -0.05) is 65.7 Å². The Morgan fingerprint density at radius 3 is 1.40 bits per heavy atom. The van der Waals surface area contributed by atoms with E-state index in [0.29, 0.717) is 36.8 Å². The molecular weight excluding hydrogens is 775 g/mol. The SMILES string of the molecule is COc1cccc(C(=O)O)c1OCC(=O)N1CCN(Cc2ccc(Cl)cc2)CC1.Cc1cccc(C(=O)O)c1OCC(=O)N1CCN(Cc2ccc(Cl)cc2)CC1. The van der Waals surface area contributed by atoms with E-state index < -0.39 is 11.9 Å². The van der Waals surface area contributed by atoms with Gasteiger partial charge in [0.15, 0.2) is 24.7 Å². The molecule has 13 nitrogen and oxygen atoms in total. The molecule has 0 spiro atoms. The highest BCUT2D eigenvalue weighted by Gasteiger charge is 2.25. The summed E-state index contributed by atoms with van der Waals surface area (Å²) in [6, 6.07) is 25.0. The highest BCUT2D eigenvalue weighted by molar-refractivity contribution is 6.30. The van der Waals surface area contributed by atoms with E-state index >= 15 is 0 Å². The van der Waals surface area contributed by atoms with Crippen LogP contribution in [0.3, 0.4) is 0 Å². The summed E-state index contributed by atoms with van der Waals surface area (Å²) < 4.78 is 16.3. The van der Waals surface area contributed by atoms with Crippen molar-refractivity contribution in [2.75, 3.05) is 72.7 Å². The maximum absolute atomic E-state index is 12.5. The predicted molar refractivity (Wildman–Crippen MR) is 216 cm³/mol. The predicted octanol–water partition coefficient (Wildman–Crippen LogP) is 5.84. The summed E-state index contributed by atoms with van der Waals surface area (Å²) >= 11 is 11.8. The van der Waals surface area contributed by atoms with Crippen molar-refractivity contribution in [1.29, 1.82) is 0 Å². The Morgan fingerprint density at radius 1 is 0.579 bits per heavy atom. The lowest BCUT2D eigenvalue weighted by Crippen LogP contribution is -2.49. The van der Waals surface area contributed by atoms with Crippen molar-refractivity contribution >= 4 is 47.0 Å². The van der Waals surface area contributed by atoms with Gasteiger partial charge in [0.1, 0.15) is 16.9 Å². The summed E-state index contributed by atoms with van der Waals surface area (Å²) in [5, 5.41) is 20.0. The monoisotopic (exact) mass is 820 g/mol. The minimum absolute atomic E-state index is 0.0371. The largest absolute Gasteiger partial charge is 0.493 e. The molecule has 2 heterocycles. The number of para-hydroxylation sites is 2. The van der Waals surface area contributed by atoms with Crippen LogP contribution in [-0.2, 0) is 22.7 Å². The van der Waals surface area contributed by atoms with Crippen molar-refractivity contribution < 1.29 is 43.6 Å². The van der Waals surface area contributed by atoms with Crippen LogP contribution < -0.4 is 14.2 Å². The molecule has 0 aliphatic carbocycles. The first kappa shape index (κ1) is 42.8. The molecule has 0 unspecified atom stereocenters. The van der Waals surface area contributed by atoms with E-state index in [1.165, 1.54) is 30.4 Å². The highest BCUT2D eigenvalue weighted by atomic mass is 35.5. The van der Waals surface area contributed by atoms with Crippen LogP contribution in [0.1, 0.15) is 37.4 Å². The van der Waals surface area contributed by atoms with Crippen molar-refractivity contribution in [3.8, 4) is 17.2 Å². The normalized spacial score (nSPS) is 14.6. The lowest BCUT2D eigenvalue weighted by Gasteiger charge is -2.34. The number of hydrogen-bond donors (Lipinski definition) is 2. The van der Waals surface area contributed by atoms with Crippen LogP contribution in [0.4, 0.5) is 0 Å². The quantitative estimate of drug-likeness (QED) is 0.168. The molecule has 0 saturated carbocycles. The third-order valence-corrected chi connectivity index (χ3v) is 10.1. The molecule has 6 rings (SSSR count). The van der Waals surface area contributed by atoms with Gasteiger partial charge < -0.3 is 34.2 Å². The summed E-state index contributed by atoms with van der Waals surface area (Å²) in [4.78, 5) is 55.8.